The lowest BCUT2D eigenvalue weighted by Crippen LogP contribution is -2.31. The van der Waals surface area contributed by atoms with Crippen molar-refractivity contribution in [1.82, 2.24) is 14.9 Å². The molecule has 2 N–H and O–H groups in total. The topological polar surface area (TPSA) is 104 Å². The lowest BCUT2D eigenvalue weighted by Gasteiger charge is -2.18. The maximum atomic E-state index is 12.5. The molecule has 162 valence electrons. The SMILES string of the molecule is COC(=O)c1ccc2c(=O)[nH]c(CN(C)CC(=O)Nc3c(C)cc(C)cc3C)nc2c1. The van der Waals surface area contributed by atoms with Crippen LogP contribution < -0.4 is 10.9 Å². The summed E-state index contributed by atoms with van der Waals surface area (Å²) in [7, 11) is 3.06. The summed E-state index contributed by atoms with van der Waals surface area (Å²) in [5, 5.41) is 3.34. The second-order valence-corrected chi connectivity index (χ2v) is 7.73. The number of ether oxygens (including phenoxy) is 1. The van der Waals surface area contributed by atoms with Crippen LogP contribution in [0, 0.1) is 20.8 Å². The summed E-state index contributed by atoms with van der Waals surface area (Å²) in [4.78, 5) is 45.6. The van der Waals surface area contributed by atoms with Crippen molar-refractivity contribution in [2.75, 3.05) is 26.0 Å². The van der Waals surface area contributed by atoms with Crippen LogP contribution in [0.3, 0.4) is 0 Å². The molecular weight excluding hydrogens is 396 g/mol. The Bertz CT molecular complexity index is 1190. The molecule has 0 radical (unpaired) electrons. The summed E-state index contributed by atoms with van der Waals surface area (Å²) in [5.74, 6) is -0.257. The average Bonchev–Trinajstić information content (AvgIpc) is 2.69. The Labute approximate surface area is 180 Å². The van der Waals surface area contributed by atoms with Gasteiger partial charge in [-0.3, -0.25) is 14.5 Å². The number of nitrogens with zero attached hydrogens (tertiary/aromatic N) is 2. The van der Waals surface area contributed by atoms with Crippen LogP contribution in [0.2, 0.25) is 0 Å². The molecule has 3 aromatic rings. The van der Waals surface area contributed by atoms with E-state index in [4.69, 9.17) is 4.74 Å². The zero-order valence-electron chi connectivity index (χ0n) is 18.3. The number of hydrogen-bond acceptors (Lipinski definition) is 6. The maximum Gasteiger partial charge on any atom is 0.337 e. The van der Waals surface area contributed by atoms with Crippen LogP contribution in [0.25, 0.3) is 10.9 Å². The number of aromatic amines is 1. The van der Waals surface area contributed by atoms with Gasteiger partial charge in [-0.15, -0.1) is 0 Å². The Kier molecular flexibility index (Phi) is 6.50. The molecule has 1 heterocycles. The van der Waals surface area contributed by atoms with E-state index in [9.17, 15) is 14.4 Å². The number of likely N-dealkylation sites (N-methyl/N-ethyl adjacent to an activating group) is 1. The number of carbonyl (C=O) groups excluding carboxylic acids is 2. The first-order valence-electron chi connectivity index (χ1n) is 9.85. The number of anilines is 1. The van der Waals surface area contributed by atoms with Crippen molar-refractivity contribution >= 4 is 28.5 Å². The number of methoxy groups -OCH3 is 1. The lowest BCUT2D eigenvalue weighted by molar-refractivity contribution is -0.117. The van der Waals surface area contributed by atoms with Crippen LogP contribution in [0.5, 0.6) is 0 Å². The first-order chi connectivity index (χ1) is 14.7. The van der Waals surface area contributed by atoms with Gasteiger partial charge in [0.1, 0.15) is 5.82 Å². The van der Waals surface area contributed by atoms with Gasteiger partial charge >= 0.3 is 5.97 Å². The number of amides is 1. The van der Waals surface area contributed by atoms with Gasteiger partial charge in [-0.25, -0.2) is 9.78 Å². The Hall–Kier alpha value is -3.52. The minimum absolute atomic E-state index is 0.122. The van der Waals surface area contributed by atoms with E-state index < -0.39 is 5.97 Å². The Morgan fingerprint density at radius 3 is 2.45 bits per heavy atom. The summed E-state index contributed by atoms with van der Waals surface area (Å²) < 4.78 is 4.72. The fourth-order valence-electron chi connectivity index (χ4n) is 3.62. The van der Waals surface area contributed by atoms with Gasteiger partial charge in [0.05, 0.1) is 36.7 Å². The molecule has 1 amide bonds. The third kappa shape index (κ3) is 5.16. The van der Waals surface area contributed by atoms with Crippen molar-refractivity contribution in [2.45, 2.75) is 27.3 Å². The molecule has 0 saturated heterocycles. The third-order valence-corrected chi connectivity index (χ3v) is 4.95. The lowest BCUT2D eigenvalue weighted by atomic mass is 10.1. The predicted octanol–water partition coefficient (Wildman–Crippen LogP) is 2.71. The molecule has 0 saturated carbocycles. The van der Waals surface area contributed by atoms with Crippen LogP contribution >= 0.6 is 0 Å². The van der Waals surface area contributed by atoms with Gasteiger partial charge in [0.2, 0.25) is 5.91 Å². The number of hydrogen-bond donors (Lipinski definition) is 2. The van der Waals surface area contributed by atoms with E-state index in [0.717, 1.165) is 22.4 Å². The van der Waals surface area contributed by atoms with Crippen molar-refractivity contribution in [3.8, 4) is 0 Å². The summed E-state index contributed by atoms with van der Waals surface area (Å²) in [5.41, 5.74) is 4.38. The van der Waals surface area contributed by atoms with Crippen LogP contribution in [-0.4, -0.2) is 47.4 Å². The maximum absolute atomic E-state index is 12.5. The number of nitrogens with one attached hydrogen (secondary N) is 2. The van der Waals surface area contributed by atoms with Gasteiger partial charge in [0.15, 0.2) is 0 Å². The highest BCUT2D eigenvalue weighted by Gasteiger charge is 2.14. The number of carbonyl (C=O) groups is 2. The molecule has 0 bridgehead atoms. The Morgan fingerprint density at radius 2 is 1.81 bits per heavy atom. The quantitative estimate of drug-likeness (QED) is 0.592. The van der Waals surface area contributed by atoms with Crippen molar-refractivity contribution < 1.29 is 14.3 Å². The van der Waals surface area contributed by atoms with Gasteiger partial charge in [-0.2, -0.15) is 0 Å². The molecule has 1 aromatic heterocycles. The number of aromatic nitrogens is 2. The van der Waals surface area contributed by atoms with Gasteiger partial charge in [0, 0.05) is 5.69 Å². The molecule has 0 fully saturated rings. The van der Waals surface area contributed by atoms with Crippen molar-refractivity contribution in [3.05, 3.63) is 68.8 Å². The molecule has 2 aromatic carbocycles. The largest absolute Gasteiger partial charge is 0.465 e. The number of benzene rings is 2. The van der Waals surface area contributed by atoms with E-state index in [1.165, 1.54) is 19.2 Å². The zero-order chi connectivity index (χ0) is 22.7. The summed E-state index contributed by atoms with van der Waals surface area (Å²) in [6.45, 7) is 6.33. The second-order valence-electron chi connectivity index (χ2n) is 7.73. The molecule has 0 aliphatic heterocycles. The van der Waals surface area contributed by atoms with Crippen molar-refractivity contribution in [2.24, 2.45) is 0 Å². The number of aryl methyl sites for hydroxylation is 3. The van der Waals surface area contributed by atoms with Gasteiger partial charge in [0.25, 0.3) is 5.56 Å². The Balaban J connectivity index is 1.74. The average molecular weight is 422 g/mol. The number of H-pyrrole nitrogens is 1. The zero-order valence-corrected chi connectivity index (χ0v) is 18.3. The highest BCUT2D eigenvalue weighted by Crippen LogP contribution is 2.21. The van der Waals surface area contributed by atoms with Crippen LogP contribution in [0.4, 0.5) is 5.69 Å². The number of fused-ring (bicyclic) bond motifs is 1. The summed E-state index contributed by atoms with van der Waals surface area (Å²) in [6, 6.07) is 8.64. The molecule has 8 nitrogen and oxygen atoms in total. The van der Waals surface area contributed by atoms with E-state index in [2.05, 4.69) is 15.3 Å². The van der Waals surface area contributed by atoms with Crippen LogP contribution in [0.1, 0.15) is 32.9 Å². The van der Waals surface area contributed by atoms with E-state index >= 15 is 0 Å². The minimum Gasteiger partial charge on any atom is -0.465 e. The standard InChI is InChI=1S/C23H26N4O4/c1-13-8-14(2)21(15(3)9-13)26-20(28)12-27(4)11-19-24-18-10-16(23(30)31-5)6-7-17(18)22(29)25-19/h6-10H,11-12H2,1-5H3,(H,26,28)(H,24,25,29). The van der Waals surface area contributed by atoms with Gasteiger partial charge in [-0.1, -0.05) is 17.7 Å². The predicted molar refractivity (Wildman–Crippen MR) is 119 cm³/mol. The summed E-state index contributed by atoms with van der Waals surface area (Å²) in [6.07, 6.45) is 0. The normalized spacial score (nSPS) is 11.0. The van der Waals surface area contributed by atoms with Crippen molar-refractivity contribution in [3.63, 3.8) is 0 Å². The first kappa shape index (κ1) is 22.2. The van der Waals surface area contributed by atoms with Gasteiger partial charge in [-0.05, 0) is 57.1 Å². The number of esters is 1. The monoisotopic (exact) mass is 422 g/mol. The smallest absolute Gasteiger partial charge is 0.337 e. The summed E-state index contributed by atoms with van der Waals surface area (Å²) >= 11 is 0. The molecule has 0 aliphatic carbocycles. The van der Waals surface area contributed by atoms with E-state index in [-0.39, 0.29) is 24.6 Å². The van der Waals surface area contributed by atoms with Crippen LogP contribution in [-0.2, 0) is 16.1 Å². The van der Waals surface area contributed by atoms with E-state index in [1.807, 2.05) is 32.9 Å². The van der Waals surface area contributed by atoms with Gasteiger partial charge < -0.3 is 15.0 Å². The molecule has 8 heteroatoms. The molecule has 0 unspecified atom stereocenters. The molecular formula is C23H26N4O4. The number of rotatable bonds is 6. The second kappa shape index (κ2) is 9.09. The molecule has 3 rings (SSSR count). The third-order valence-electron chi connectivity index (χ3n) is 4.95. The molecule has 0 atom stereocenters. The minimum atomic E-state index is -0.499. The molecule has 0 aliphatic rings. The highest BCUT2D eigenvalue weighted by atomic mass is 16.5. The van der Waals surface area contributed by atoms with Crippen LogP contribution in [0.15, 0.2) is 35.1 Å². The van der Waals surface area contributed by atoms with E-state index in [1.54, 1.807) is 18.0 Å². The fraction of sp³-hybridized carbons (Fsp3) is 0.304. The first-order valence-corrected chi connectivity index (χ1v) is 9.85. The molecule has 0 spiro atoms. The fourth-order valence-corrected chi connectivity index (χ4v) is 3.62. The van der Waals surface area contributed by atoms with Crippen molar-refractivity contribution in [1.29, 1.82) is 0 Å². The van der Waals surface area contributed by atoms with E-state index in [0.29, 0.717) is 22.3 Å². The highest BCUT2D eigenvalue weighted by molar-refractivity contribution is 5.94. The Morgan fingerprint density at radius 1 is 1.13 bits per heavy atom. The molecule has 31 heavy (non-hydrogen) atoms.